The fourth-order valence-electron chi connectivity index (χ4n) is 3.57. The van der Waals surface area contributed by atoms with Crippen molar-refractivity contribution < 1.29 is 13.2 Å². The molecule has 3 aromatic rings. The van der Waals surface area contributed by atoms with Crippen molar-refractivity contribution in [2.75, 3.05) is 22.2 Å². The van der Waals surface area contributed by atoms with E-state index in [-0.39, 0.29) is 29.2 Å². The Hall–Kier alpha value is -2.32. The van der Waals surface area contributed by atoms with E-state index in [2.05, 4.69) is 4.98 Å². The summed E-state index contributed by atoms with van der Waals surface area (Å²) in [7, 11) is -1.16. The number of hydrogen-bond donors (Lipinski definition) is 0. The molecule has 1 atom stereocenters. The SMILES string of the molecule is Cn1c(SCC(=O)N(c2ccccc2)C2CCS(=O)(=O)C2)nc2ccccc21. The van der Waals surface area contributed by atoms with Crippen molar-refractivity contribution in [3.63, 3.8) is 0 Å². The highest BCUT2D eigenvalue weighted by molar-refractivity contribution is 7.99. The third kappa shape index (κ3) is 3.79. The number of fused-ring (bicyclic) bond motifs is 1. The molecule has 0 saturated carbocycles. The van der Waals surface area contributed by atoms with Crippen molar-refractivity contribution in [1.82, 2.24) is 9.55 Å². The Bertz CT molecular complexity index is 1110. The molecule has 0 radical (unpaired) electrons. The molecule has 8 heteroatoms. The summed E-state index contributed by atoms with van der Waals surface area (Å²) >= 11 is 1.37. The van der Waals surface area contributed by atoms with Crippen LogP contribution in [0.4, 0.5) is 5.69 Å². The number of nitrogens with zero attached hydrogens (tertiary/aromatic N) is 3. The van der Waals surface area contributed by atoms with Crippen LogP contribution in [0.3, 0.4) is 0 Å². The van der Waals surface area contributed by atoms with E-state index in [1.54, 1.807) is 4.90 Å². The van der Waals surface area contributed by atoms with Gasteiger partial charge in [0.15, 0.2) is 15.0 Å². The van der Waals surface area contributed by atoms with E-state index in [0.717, 1.165) is 21.9 Å². The van der Waals surface area contributed by atoms with Gasteiger partial charge in [-0.2, -0.15) is 0 Å². The average Bonchev–Trinajstić information content (AvgIpc) is 3.20. The minimum absolute atomic E-state index is 0.0184. The summed E-state index contributed by atoms with van der Waals surface area (Å²) in [5.74, 6) is 0.240. The number of aromatic nitrogens is 2. The van der Waals surface area contributed by atoms with Crippen LogP contribution in [0, 0.1) is 0 Å². The molecule has 1 fully saturated rings. The smallest absolute Gasteiger partial charge is 0.237 e. The lowest BCUT2D eigenvalue weighted by atomic mass is 10.2. The molecule has 1 aliphatic rings. The van der Waals surface area contributed by atoms with Crippen LogP contribution in [0.1, 0.15) is 6.42 Å². The van der Waals surface area contributed by atoms with Crippen LogP contribution in [0.25, 0.3) is 11.0 Å². The molecule has 1 saturated heterocycles. The van der Waals surface area contributed by atoms with Crippen LogP contribution >= 0.6 is 11.8 Å². The number of carbonyl (C=O) groups excluding carboxylic acids is 1. The fourth-order valence-corrected chi connectivity index (χ4v) is 6.12. The van der Waals surface area contributed by atoms with Gasteiger partial charge in [-0.1, -0.05) is 42.1 Å². The largest absolute Gasteiger partial charge is 0.322 e. The molecule has 4 rings (SSSR count). The molecule has 0 aliphatic carbocycles. The number of sulfone groups is 1. The van der Waals surface area contributed by atoms with Gasteiger partial charge in [0.1, 0.15) is 0 Å². The topological polar surface area (TPSA) is 72.3 Å². The molecule has 6 nitrogen and oxygen atoms in total. The minimum atomic E-state index is -3.09. The Morgan fingerprint density at radius 1 is 1.18 bits per heavy atom. The highest BCUT2D eigenvalue weighted by Gasteiger charge is 2.35. The number of benzene rings is 2. The van der Waals surface area contributed by atoms with Crippen molar-refractivity contribution >= 4 is 44.2 Å². The Morgan fingerprint density at radius 2 is 1.89 bits per heavy atom. The van der Waals surface area contributed by atoms with Gasteiger partial charge in [-0.05, 0) is 30.7 Å². The number of imidazole rings is 1. The third-order valence-electron chi connectivity index (χ3n) is 4.95. The predicted octanol–water partition coefficient (Wildman–Crippen LogP) is 2.89. The Kier molecular flexibility index (Phi) is 5.16. The first-order valence-electron chi connectivity index (χ1n) is 9.06. The van der Waals surface area contributed by atoms with Gasteiger partial charge in [0.2, 0.25) is 5.91 Å². The molecule has 1 unspecified atom stereocenters. The summed E-state index contributed by atoms with van der Waals surface area (Å²) in [4.78, 5) is 19.4. The summed E-state index contributed by atoms with van der Waals surface area (Å²) in [6.45, 7) is 0. The zero-order valence-corrected chi connectivity index (χ0v) is 17.1. The summed E-state index contributed by atoms with van der Waals surface area (Å²) in [5, 5.41) is 0.765. The lowest BCUT2D eigenvalue weighted by Gasteiger charge is -2.28. The predicted molar refractivity (Wildman–Crippen MR) is 112 cm³/mol. The number of amides is 1. The van der Waals surface area contributed by atoms with Gasteiger partial charge in [0, 0.05) is 12.7 Å². The maximum absolute atomic E-state index is 13.1. The lowest BCUT2D eigenvalue weighted by molar-refractivity contribution is -0.116. The molecular formula is C20H21N3O3S2. The van der Waals surface area contributed by atoms with Crippen molar-refractivity contribution in [3.8, 4) is 0 Å². The van der Waals surface area contributed by atoms with Crippen LogP contribution in [0.15, 0.2) is 59.8 Å². The highest BCUT2D eigenvalue weighted by atomic mass is 32.2. The standard InChI is InChI=1S/C20H21N3O3S2/c1-22-18-10-6-5-9-17(18)21-20(22)27-13-19(24)23(15-7-3-2-4-8-15)16-11-12-28(25,26)14-16/h2-10,16H,11-14H2,1H3. The van der Waals surface area contributed by atoms with E-state index >= 15 is 0 Å². The first-order valence-corrected chi connectivity index (χ1v) is 11.9. The van der Waals surface area contributed by atoms with Crippen LogP contribution in [0.5, 0.6) is 0 Å². The molecule has 1 amide bonds. The van der Waals surface area contributed by atoms with Gasteiger partial charge in [-0.15, -0.1) is 0 Å². The van der Waals surface area contributed by atoms with Crippen molar-refractivity contribution in [1.29, 1.82) is 0 Å². The number of para-hydroxylation sites is 3. The molecular weight excluding hydrogens is 394 g/mol. The Labute approximate surface area is 168 Å². The molecule has 1 aliphatic heterocycles. The van der Waals surface area contributed by atoms with Gasteiger partial charge in [-0.25, -0.2) is 13.4 Å². The van der Waals surface area contributed by atoms with E-state index in [0.29, 0.717) is 6.42 Å². The van der Waals surface area contributed by atoms with E-state index in [1.807, 2.05) is 66.2 Å². The van der Waals surface area contributed by atoms with Crippen molar-refractivity contribution in [2.45, 2.75) is 17.6 Å². The van der Waals surface area contributed by atoms with Crippen LogP contribution in [-0.2, 0) is 21.7 Å². The first kappa shape index (κ1) is 19.0. The first-order chi connectivity index (χ1) is 13.4. The Balaban J connectivity index is 1.56. The maximum Gasteiger partial charge on any atom is 0.237 e. The summed E-state index contributed by atoms with van der Waals surface area (Å²) < 4.78 is 25.9. The third-order valence-corrected chi connectivity index (χ3v) is 7.71. The molecule has 0 spiro atoms. The highest BCUT2D eigenvalue weighted by Crippen LogP contribution is 2.27. The minimum Gasteiger partial charge on any atom is -0.322 e. The second-order valence-electron chi connectivity index (χ2n) is 6.89. The number of thioether (sulfide) groups is 1. The monoisotopic (exact) mass is 415 g/mol. The van der Waals surface area contributed by atoms with E-state index in [1.165, 1.54) is 11.8 Å². The van der Waals surface area contributed by atoms with E-state index in [4.69, 9.17) is 0 Å². The molecule has 1 aromatic heterocycles. The molecule has 2 aromatic carbocycles. The summed E-state index contributed by atoms with van der Waals surface area (Å²) in [6, 6.07) is 16.8. The fraction of sp³-hybridized carbons (Fsp3) is 0.300. The van der Waals surface area contributed by atoms with Crippen molar-refractivity contribution in [3.05, 3.63) is 54.6 Å². The van der Waals surface area contributed by atoms with Gasteiger partial charge in [0.25, 0.3) is 0 Å². The second kappa shape index (κ2) is 7.60. The zero-order valence-electron chi connectivity index (χ0n) is 15.5. The van der Waals surface area contributed by atoms with Gasteiger partial charge in [-0.3, -0.25) is 4.79 Å². The summed E-state index contributed by atoms with van der Waals surface area (Å²) in [5.41, 5.74) is 2.64. The van der Waals surface area contributed by atoms with Gasteiger partial charge >= 0.3 is 0 Å². The molecule has 0 N–H and O–H groups in total. The average molecular weight is 416 g/mol. The molecule has 146 valence electrons. The number of anilines is 1. The maximum atomic E-state index is 13.1. The van der Waals surface area contributed by atoms with Crippen LogP contribution < -0.4 is 4.90 Å². The lowest BCUT2D eigenvalue weighted by Crippen LogP contribution is -2.42. The molecule has 2 heterocycles. The van der Waals surface area contributed by atoms with Gasteiger partial charge < -0.3 is 9.47 Å². The van der Waals surface area contributed by atoms with Gasteiger partial charge in [0.05, 0.1) is 34.3 Å². The number of hydrogen-bond acceptors (Lipinski definition) is 5. The van der Waals surface area contributed by atoms with E-state index in [9.17, 15) is 13.2 Å². The summed E-state index contributed by atoms with van der Waals surface area (Å²) in [6.07, 6.45) is 0.472. The van der Waals surface area contributed by atoms with E-state index < -0.39 is 9.84 Å². The van der Waals surface area contributed by atoms with Crippen LogP contribution in [-0.4, -0.2) is 47.2 Å². The second-order valence-corrected chi connectivity index (χ2v) is 10.1. The van der Waals surface area contributed by atoms with Crippen molar-refractivity contribution in [2.24, 2.45) is 7.05 Å². The quantitative estimate of drug-likeness (QED) is 0.599. The molecule has 0 bridgehead atoms. The number of rotatable bonds is 5. The molecule has 28 heavy (non-hydrogen) atoms. The number of carbonyl (C=O) groups is 1. The van der Waals surface area contributed by atoms with Crippen LogP contribution in [0.2, 0.25) is 0 Å². The zero-order chi connectivity index (χ0) is 19.7. The Morgan fingerprint density at radius 3 is 2.57 bits per heavy atom. The number of aryl methyl sites for hydroxylation is 1. The normalized spacial score (nSPS) is 18.4.